The first-order valence-electron chi connectivity index (χ1n) is 8.07. The molecule has 1 saturated heterocycles. The van der Waals surface area contributed by atoms with Gasteiger partial charge in [0.2, 0.25) is 5.91 Å². The molecular weight excluding hydrogens is 308 g/mol. The maximum Gasteiger partial charge on any atom is 0.224 e. The number of benzene rings is 1. The van der Waals surface area contributed by atoms with Gasteiger partial charge < -0.3 is 19.3 Å². The monoisotopic (exact) mass is 330 g/mol. The summed E-state index contributed by atoms with van der Waals surface area (Å²) in [6.07, 6.45) is 0.995. The van der Waals surface area contributed by atoms with Crippen LogP contribution in [0.1, 0.15) is 17.0 Å². The van der Waals surface area contributed by atoms with Crippen molar-refractivity contribution in [3.8, 4) is 5.75 Å². The van der Waals surface area contributed by atoms with Crippen molar-refractivity contribution < 1.29 is 18.8 Å². The molecule has 1 aliphatic rings. The minimum atomic E-state index is -0.0336. The predicted octanol–water partition coefficient (Wildman–Crippen LogP) is 1.91. The molecule has 1 fully saturated rings. The van der Waals surface area contributed by atoms with E-state index in [4.69, 9.17) is 14.0 Å². The van der Waals surface area contributed by atoms with Gasteiger partial charge in [0.05, 0.1) is 38.5 Å². The van der Waals surface area contributed by atoms with Crippen molar-refractivity contribution in [3.63, 3.8) is 0 Å². The molecule has 0 bridgehead atoms. The number of aromatic nitrogens is 1. The number of carbonyl (C=O) groups excluding carboxylic acids is 1. The van der Waals surface area contributed by atoms with Crippen molar-refractivity contribution in [2.75, 3.05) is 20.3 Å². The number of ether oxygens (including phenoxy) is 2. The van der Waals surface area contributed by atoms with Crippen LogP contribution in [0.5, 0.6) is 5.75 Å². The van der Waals surface area contributed by atoms with Gasteiger partial charge in [-0.1, -0.05) is 23.4 Å². The summed E-state index contributed by atoms with van der Waals surface area (Å²) in [6, 6.07) is 9.46. The number of hydrogen-bond donors (Lipinski definition) is 1. The lowest BCUT2D eigenvalue weighted by Crippen LogP contribution is -2.41. The molecule has 2 aromatic rings. The average Bonchev–Trinajstić information content (AvgIpc) is 3.17. The number of para-hydroxylation sites is 1. The topological polar surface area (TPSA) is 73.6 Å². The van der Waals surface area contributed by atoms with Gasteiger partial charge in [-0.15, -0.1) is 0 Å². The Balaban J connectivity index is 1.58. The lowest BCUT2D eigenvalue weighted by molar-refractivity contribution is -0.121. The van der Waals surface area contributed by atoms with E-state index >= 15 is 0 Å². The number of aryl methyl sites for hydroxylation is 1. The van der Waals surface area contributed by atoms with E-state index in [0.29, 0.717) is 19.6 Å². The number of methoxy groups -OCH3 is 1. The van der Waals surface area contributed by atoms with Crippen LogP contribution in [0.3, 0.4) is 0 Å². The molecule has 0 aliphatic carbocycles. The summed E-state index contributed by atoms with van der Waals surface area (Å²) in [6.45, 7) is 3.03. The summed E-state index contributed by atoms with van der Waals surface area (Å²) in [5, 5.41) is 6.98. The Morgan fingerprint density at radius 1 is 1.38 bits per heavy atom. The molecule has 3 rings (SSSR count). The molecule has 1 aliphatic heterocycles. The third-order valence-corrected chi connectivity index (χ3v) is 4.23. The van der Waals surface area contributed by atoms with Crippen molar-refractivity contribution in [1.29, 1.82) is 0 Å². The van der Waals surface area contributed by atoms with Gasteiger partial charge in [0.25, 0.3) is 0 Å². The van der Waals surface area contributed by atoms with Crippen molar-refractivity contribution in [2.24, 2.45) is 5.92 Å². The van der Waals surface area contributed by atoms with E-state index in [-0.39, 0.29) is 24.3 Å². The predicted molar refractivity (Wildman–Crippen MR) is 87.9 cm³/mol. The van der Waals surface area contributed by atoms with Crippen LogP contribution in [0.15, 0.2) is 34.9 Å². The maximum atomic E-state index is 12.4. The molecule has 0 spiro atoms. The minimum absolute atomic E-state index is 0.0161. The van der Waals surface area contributed by atoms with Gasteiger partial charge in [-0.05, 0) is 13.0 Å². The van der Waals surface area contributed by atoms with Crippen molar-refractivity contribution in [3.05, 3.63) is 47.3 Å². The van der Waals surface area contributed by atoms with Crippen LogP contribution >= 0.6 is 0 Å². The molecule has 0 saturated carbocycles. The van der Waals surface area contributed by atoms with Crippen LogP contribution in [0.4, 0.5) is 0 Å². The smallest absolute Gasteiger partial charge is 0.224 e. The SMILES string of the molecule is COc1ccccc1CC(=O)NC1COCC1Cc1cc(C)no1. The lowest BCUT2D eigenvalue weighted by atomic mass is 9.98. The van der Waals surface area contributed by atoms with E-state index in [0.717, 1.165) is 22.8 Å². The fraction of sp³-hybridized carbons (Fsp3) is 0.444. The zero-order valence-electron chi connectivity index (χ0n) is 14.0. The Hall–Kier alpha value is -2.34. The number of amides is 1. The lowest BCUT2D eigenvalue weighted by Gasteiger charge is -2.18. The largest absolute Gasteiger partial charge is 0.496 e. The molecule has 2 unspecified atom stereocenters. The Kier molecular flexibility index (Phi) is 5.15. The summed E-state index contributed by atoms with van der Waals surface area (Å²) < 4.78 is 16.1. The van der Waals surface area contributed by atoms with Gasteiger partial charge in [0, 0.05) is 24.0 Å². The first-order chi connectivity index (χ1) is 11.7. The van der Waals surface area contributed by atoms with Gasteiger partial charge in [-0.3, -0.25) is 4.79 Å². The fourth-order valence-electron chi connectivity index (χ4n) is 3.01. The number of nitrogens with one attached hydrogen (secondary N) is 1. The van der Waals surface area contributed by atoms with Crippen molar-refractivity contribution in [1.82, 2.24) is 10.5 Å². The van der Waals surface area contributed by atoms with Crippen LogP contribution in [0, 0.1) is 12.8 Å². The zero-order chi connectivity index (χ0) is 16.9. The highest BCUT2D eigenvalue weighted by atomic mass is 16.5. The second kappa shape index (κ2) is 7.49. The molecule has 128 valence electrons. The fourth-order valence-corrected chi connectivity index (χ4v) is 3.01. The Morgan fingerprint density at radius 3 is 2.96 bits per heavy atom. The van der Waals surface area contributed by atoms with Crippen molar-refractivity contribution in [2.45, 2.75) is 25.8 Å². The van der Waals surface area contributed by atoms with Crippen LogP contribution in [0.25, 0.3) is 0 Å². The standard InChI is InChI=1S/C18H22N2O4/c1-12-7-15(24-20-12)8-14-10-23-11-16(14)19-18(21)9-13-5-3-4-6-17(13)22-2/h3-7,14,16H,8-11H2,1-2H3,(H,19,21). The number of rotatable bonds is 6. The molecule has 24 heavy (non-hydrogen) atoms. The molecular formula is C18H22N2O4. The van der Waals surface area contributed by atoms with Gasteiger partial charge >= 0.3 is 0 Å². The Morgan fingerprint density at radius 2 is 2.21 bits per heavy atom. The highest BCUT2D eigenvalue weighted by Crippen LogP contribution is 2.21. The molecule has 1 aromatic carbocycles. The average molecular weight is 330 g/mol. The molecule has 2 atom stereocenters. The molecule has 6 nitrogen and oxygen atoms in total. The van der Waals surface area contributed by atoms with Crippen LogP contribution < -0.4 is 10.1 Å². The summed E-state index contributed by atoms with van der Waals surface area (Å²) in [5.74, 6) is 1.71. The normalized spacial score (nSPS) is 20.1. The second-order valence-electron chi connectivity index (χ2n) is 6.10. The summed E-state index contributed by atoms with van der Waals surface area (Å²) >= 11 is 0. The van der Waals surface area contributed by atoms with E-state index in [1.165, 1.54) is 0 Å². The number of carbonyl (C=O) groups is 1. The minimum Gasteiger partial charge on any atom is -0.496 e. The van der Waals surface area contributed by atoms with Gasteiger partial charge in [0.1, 0.15) is 11.5 Å². The summed E-state index contributed by atoms with van der Waals surface area (Å²) in [4.78, 5) is 12.4. The van der Waals surface area contributed by atoms with E-state index in [9.17, 15) is 4.79 Å². The Labute approximate surface area is 141 Å². The highest BCUT2D eigenvalue weighted by molar-refractivity contribution is 5.79. The van der Waals surface area contributed by atoms with Crippen molar-refractivity contribution >= 4 is 5.91 Å². The van der Waals surface area contributed by atoms with E-state index < -0.39 is 0 Å². The highest BCUT2D eigenvalue weighted by Gasteiger charge is 2.30. The third kappa shape index (κ3) is 3.94. The Bertz CT molecular complexity index is 698. The second-order valence-corrected chi connectivity index (χ2v) is 6.10. The van der Waals surface area contributed by atoms with Gasteiger partial charge in [-0.25, -0.2) is 0 Å². The van der Waals surface area contributed by atoms with E-state index in [2.05, 4.69) is 10.5 Å². The van der Waals surface area contributed by atoms with E-state index in [1.54, 1.807) is 7.11 Å². The number of hydrogen-bond acceptors (Lipinski definition) is 5. The first kappa shape index (κ1) is 16.5. The maximum absolute atomic E-state index is 12.4. The van der Waals surface area contributed by atoms with Gasteiger partial charge in [-0.2, -0.15) is 0 Å². The zero-order valence-corrected chi connectivity index (χ0v) is 14.0. The molecule has 6 heteroatoms. The number of nitrogens with zero attached hydrogens (tertiary/aromatic N) is 1. The summed E-state index contributed by atoms with van der Waals surface area (Å²) in [5.41, 5.74) is 1.74. The molecule has 1 amide bonds. The summed E-state index contributed by atoms with van der Waals surface area (Å²) in [7, 11) is 1.61. The molecule has 1 aromatic heterocycles. The van der Waals surface area contributed by atoms with Crippen LogP contribution in [-0.4, -0.2) is 37.4 Å². The van der Waals surface area contributed by atoms with E-state index in [1.807, 2.05) is 37.3 Å². The molecule has 2 heterocycles. The quantitative estimate of drug-likeness (QED) is 0.876. The molecule has 0 radical (unpaired) electrons. The van der Waals surface area contributed by atoms with Gasteiger partial charge in [0.15, 0.2) is 0 Å². The van der Waals surface area contributed by atoms with Crippen LogP contribution in [0.2, 0.25) is 0 Å². The molecule has 1 N–H and O–H groups in total. The first-order valence-corrected chi connectivity index (χ1v) is 8.07. The van der Waals surface area contributed by atoms with Crippen LogP contribution in [-0.2, 0) is 22.4 Å². The third-order valence-electron chi connectivity index (χ3n) is 4.23.